The smallest absolute Gasteiger partial charge is 0.344 e. The summed E-state index contributed by atoms with van der Waals surface area (Å²) in [7, 11) is 0. The lowest BCUT2D eigenvalue weighted by molar-refractivity contribution is -0.151. The molecule has 0 amide bonds. The van der Waals surface area contributed by atoms with Gasteiger partial charge in [-0.15, -0.1) is 0 Å². The van der Waals surface area contributed by atoms with Crippen molar-refractivity contribution in [3.05, 3.63) is 57.9 Å². The monoisotopic (exact) mass is 470 g/mol. The minimum Gasteiger partial charge on any atom is -0.489 e. The van der Waals surface area contributed by atoms with Crippen molar-refractivity contribution < 1.29 is 28.5 Å². The zero-order valence-corrected chi connectivity index (χ0v) is 19.8. The van der Waals surface area contributed by atoms with Crippen molar-refractivity contribution in [2.75, 3.05) is 13.2 Å². The molecule has 0 aliphatic heterocycles. The van der Waals surface area contributed by atoms with Crippen LogP contribution in [0, 0.1) is 0 Å². The summed E-state index contributed by atoms with van der Waals surface area (Å²) in [4.78, 5) is 23.7. The van der Waals surface area contributed by atoms with Gasteiger partial charge in [0.15, 0.2) is 13.2 Å². The molecule has 0 aromatic heterocycles. The van der Waals surface area contributed by atoms with Gasteiger partial charge in [-0.05, 0) is 61.4 Å². The molecule has 3 aromatic carbocycles. The van der Waals surface area contributed by atoms with E-state index in [4.69, 9.17) is 30.5 Å². The molecule has 3 aromatic rings. The largest absolute Gasteiger partial charge is 0.489 e. The Kier molecular flexibility index (Phi) is 8.17. The van der Waals surface area contributed by atoms with Crippen molar-refractivity contribution >= 4 is 57.6 Å². The van der Waals surface area contributed by atoms with Crippen LogP contribution in [-0.4, -0.2) is 37.4 Å². The summed E-state index contributed by atoms with van der Waals surface area (Å²) in [5, 5.41) is 5.57. The van der Waals surface area contributed by atoms with Gasteiger partial charge in [0, 0.05) is 15.5 Å². The molecule has 174 valence electrons. The maximum absolute atomic E-state index is 11.9. The Morgan fingerprint density at radius 2 is 1.21 bits per heavy atom. The van der Waals surface area contributed by atoms with Gasteiger partial charge in [-0.1, -0.05) is 41.9 Å². The molecule has 33 heavy (non-hydrogen) atoms. The van der Waals surface area contributed by atoms with E-state index in [1.165, 1.54) is 0 Å². The van der Waals surface area contributed by atoms with Gasteiger partial charge >= 0.3 is 11.9 Å². The third kappa shape index (κ3) is 6.39. The molecule has 0 saturated carbocycles. The highest BCUT2D eigenvalue weighted by Crippen LogP contribution is 2.18. The highest BCUT2D eigenvalue weighted by molar-refractivity contribution is 6.31. The fourth-order valence-electron chi connectivity index (χ4n) is 3.45. The quantitative estimate of drug-likeness (QED) is 0.365. The van der Waals surface area contributed by atoms with E-state index in [0.717, 1.165) is 32.0 Å². The Morgan fingerprint density at radius 1 is 0.758 bits per heavy atom. The fraction of sp³-hybridized carbons (Fsp3) is 0.308. The number of hydrogen-bond donors (Lipinski definition) is 0. The summed E-state index contributed by atoms with van der Waals surface area (Å²) < 4.78 is 21.4. The fourth-order valence-corrected chi connectivity index (χ4v) is 3.62. The van der Waals surface area contributed by atoms with Gasteiger partial charge in [-0.3, -0.25) is 0 Å². The summed E-state index contributed by atoms with van der Waals surface area (Å²) >= 11 is 6.30. The van der Waals surface area contributed by atoms with Crippen molar-refractivity contribution in [3.8, 4) is 0 Å². The molecule has 0 unspecified atom stereocenters. The first kappa shape index (κ1) is 24.4. The molecular weight excluding hydrogens is 444 g/mol. The molecule has 0 fully saturated rings. The molecular formula is C26H27ClO6. The van der Waals surface area contributed by atoms with Crippen LogP contribution in [0.2, 0.25) is 5.02 Å². The zero-order chi connectivity index (χ0) is 24.0. The number of esters is 2. The van der Waals surface area contributed by atoms with E-state index in [1.54, 1.807) is 46.3 Å². The first-order valence-corrected chi connectivity index (χ1v) is 11.1. The van der Waals surface area contributed by atoms with Gasteiger partial charge in [0.1, 0.15) is 0 Å². The average Bonchev–Trinajstić information content (AvgIpc) is 2.74. The Bertz CT molecular complexity index is 1280. The van der Waals surface area contributed by atoms with Crippen molar-refractivity contribution in [2.45, 2.75) is 39.9 Å². The van der Waals surface area contributed by atoms with Crippen molar-refractivity contribution in [3.63, 3.8) is 0 Å². The van der Waals surface area contributed by atoms with Gasteiger partial charge in [0.2, 0.25) is 0 Å². The van der Waals surface area contributed by atoms with Crippen LogP contribution in [0.4, 0.5) is 0 Å². The lowest BCUT2D eigenvalue weighted by Crippen LogP contribution is -2.19. The van der Waals surface area contributed by atoms with Crippen LogP contribution in [0.3, 0.4) is 0 Å². The molecule has 3 rings (SSSR count). The van der Waals surface area contributed by atoms with Gasteiger partial charge in [-0.25, -0.2) is 9.59 Å². The molecule has 0 spiro atoms. The second-order valence-corrected chi connectivity index (χ2v) is 8.43. The molecule has 0 aliphatic carbocycles. The summed E-state index contributed by atoms with van der Waals surface area (Å²) in [5.41, 5.74) is 0. The van der Waals surface area contributed by atoms with E-state index in [2.05, 4.69) is 0 Å². The number of fused-ring (bicyclic) bond motifs is 2. The summed E-state index contributed by atoms with van der Waals surface area (Å²) in [6.07, 6.45) is 2.68. The van der Waals surface area contributed by atoms with Gasteiger partial charge in [0.25, 0.3) is 0 Å². The van der Waals surface area contributed by atoms with Crippen LogP contribution in [0.25, 0.3) is 34.1 Å². The minimum absolute atomic E-state index is 0.198. The number of carbonyl (C=O) groups excluding carboxylic acids is 2. The third-order valence-electron chi connectivity index (χ3n) is 4.61. The van der Waals surface area contributed by atoms with Gasteiger partial charge in [-0.2, -0.15) is 0 Å². The maximum atomic E-state index is 11.9. The highest BCUT2D eigenvalue weighted by Gasteiger charge is 2.10. The molecule has 0 atom stereocenters. The van der Waals surface area contributed by atoms with Crippen LogP contribution in [0.5, 0.6) is 0 Å². The van der Waals surface area contributed by atoms with Gasteiger partial charge < -0.3 is 18.9 Å². The molecule has 0 aliphatic rings. The Morgan fingerprint density at radius 3 is 1.70 bits per heavy atom. The molecule has 7 heteroatoms. The lowest BCUT2D eigenvalue weighted by atomic mass is 9.98. The second-order valence-electron chi connectivity index (χ2n) is 8.00. The Balaban J connectivity index is 2.09. The number of halogens is 1. The topological polar surface area (TPSA) is 71.1 Å². The number of rotatable bonds is 8. The first-order chi connectivity index (χ1) is 15.8. The predicted molar refractivity (Wildman–Crippen MR) is 129 cm³/mol. The molecule has 0 bridgehead atoms. The van der Waals surface area contributed by atoms with E-state index < -0.39 is 11.9 Å². The van der Waals surface area contributed by atoms with Crippen LogP contribution < -0.4 is 10.4 Å². The van der Waals surface area contributed by atoms with Crippen LogP contribution >= 0.6 is 11.6 Å². The third-order valence-corrected chi connectivity index (χ3v) is 4.84. The first-order valence-electron chi connectivity index (χ1n) is 10.7. The highest BCUT2D eigenvalue weighted by atomic mass is 35.5. The Labute approximate surface area is 197 Å². The predicted octanol–water partition coefficient (Wildman–Crippen LogP) is 4.06. The normalized spacial score (nSPS) is 12.6. The standard InChI is InChI=1S/C26H27ClO6/c1-16(2)32-25(28)14-30-12-23-19-7-5-6-8-20(19)24(13-31-15-26(29)33-17(3)4)22-11-18(27)9-10-21(22)23/h5-13,16-17H,14-15H2,1-4H3. The lowest BCUT2D eigenvalue weighted by Gasteiger charge is -2.10. The van der Waals surface area contributed by atoms with E-state index in [1.807, 2.05) is 36.4 Å². The molecule has 0 radical (unpaired) electrons. The number of hydrogen-bond acceptors (Lipinski definition) is 6. The molecule has 0 heterocycles. The Hall–Kier alpha value is -3.25. The number of carbonyl (C=O) groups is 2. The number of ether oxygens (including phenoxy) is 4. The van der Waals surface area contributed by atoms with Crippen molar-refractivity contribution in [1.82, 2.24) is 0 Å². The van der Waals surface area contributed by atoms with Crippen LogP contribution in [0.1, 0.15) is 27.7 Å². The van der Waals surface area contributed by atoms with Crippen LogP contribution in [-0.2, 0) is 28.5 Å². The maximum Gasteiger partial charge on any atom is 0.344 e. The number of benzene rings is 3. The summed E-state index contributed by atoms with van der Waals surface area (Å²) in [6.45, 7) is 6.73. The molecule has 6 nitrogen and oxygen atoms in total. The minimum atomic E-state index is -0.445. The summed E-state index contributed by atoms with van der Waals surface area (Å²) in [6, 6.07) is 13.2. The zero-order valence-electron chi connectivity index (χ0n) is 19.1. The molecule has 0 saturated heterocycles. The molecule has 0 N–H and O–H groups in total. The van der Waals surface area contributed by atoms with Crippen LogP contribution in [0.15, 0.2) is 42.5 Å². The van der Waals surface area contributed by atoms with E-state index in [9.17, 15) is 9.59 Å². The van der Waals surface area contributed by atoms with Crippen molar-refractivity contribution in [2.24, 2.45) is 0 Å². The average molecular weight is 471 g/mol. The van der Waals surface area contributed by atoms with E-state index in [-0.39, 0.29) is 25.4 Å². The summed E-state index contributed by atoms with van der Waals surface area (Å²) in [5.74, 6) is -0.885. The SMILES string of the molecule is CC(C)OC(=O)COC=c1c2ccccc2c(=COCC(=O)OC(C)C)c2cc(Cl)ccc12. The van der Waals surface area contributed by atoms with Gasteiger partial charge in [0.05, 0.1) is 24.7 Å². The van der Waals surface area contributed by atoms with E-state index in [0.29, 0.717) is 5.02 Å². The second kappa shape index (κ2) is 11.1. The van der Waals surface area contributed by atoms with E-state index >= 15 is 0 Å². The van der Waals surface area contributed by atoms with Crippen molar-refractivity contribution in [1.29, 1.82) is 0 Å².